The number of benzene rings is 1. The molecule has 5 nitrogen and oxygen atoms in total. The van der Waals surface area contributed by atoms with Crippen molar-refractivity contribution in [3.05, 3.63) is 29.8 Å². The highest BCUT2D eigenvalue weighted by atomic mass is 127. The summed E-state index contributed by atoms with van der Waals surface area (Å²) in [4.78, 5) is 9.16. The number of hydrogen-bond acceptors (Lipinski definition) is 3. The molecule has 0 radical (unpaired) electrons. The molecule has 0 atom stereocenters. The third-order valence-electron chi connectivity index (χ3n) is 5.28. The molecular weight excluding hydrogens is 427 g/mol. The first-order valence-corrected chi connectivity index (χ1v) is 9.26. The van der Waals surface area contributed by atoms with E-state index in [1.807, 2.05) is 0 Å². The van der Waals surface area contributed by atoms with Crippen molar-refractivity contribution in [3.8, 4) is 0 Å². The van der Waals surface area contributed by atoms with Gasteiger partial charge in [-0.3, -0.25) is 0 Å². The minimum absolute atomic E-state index is 0. The molecule has 2 saturated heterocycles. The van der Waals surface area contributed by atoms with Crippen molar-refractivity contribution in [2.45, 2.75) is 38.6 Å². The normalized spacial score (nSPS) is 19.6. The Morgan fingerprint density at radius 2 is 1.68 bits per heavy atom. The molecule has 1 aromatic rings. The van der Waals surface area contributed by atoms with Crippen LogP contribution in [-0.2, 0) is 6.54 Å². The van der Waals surface area contributed by atoms with Crippen LogP contribution in [0.2, 0.25) is 0 Å². The maximum Gasteiger partial charge on any atom is 0.191 e. The lowest BCUT2D eigenvalue weighted by Crippen LogP contribution is -2.40. The molecule has 2 heterocycles. The van der Waals surface area contributed by atoms with Crippen LogP contribution in [0.15, 0.2) is 29.3 Å². The lowest BCUT2D eigenvalue weighted by Gasteiger charge is -2.33. The molecule has 2 fully saturated rings. The summed E-state index contributed by atoms with van der Waals surface area (Å²) in [7, 11) is 0. The number of rotatable bonds is 4. The van der Waals surface area contributed by atoms with E-state index in [4.69, 9.17) is 5.73 Å². The van der Waals surface area contributed by atoms with Gasteiger partial charge in [-0.15, -0.1) is 24.0 Å². The number of aliphatic hydroxyl groups is 1. The largest absolute Gasteiger partial charge is 0.396 e. The number of nitrogens with two attached hydrogens (primary N) is 1. The van der Waals surface area contributed by atoms with Crippen molar-refractivity contribution in [1.82, 2.24) is 4.90 Å². The van der Waals surface area contributed by atoms with Crippen molar-refractivity contribution >= 4 is 35.6 Å². The highest BCUT2D eigenvalue weighted by molar-refractivity contribution is 14.0. The number of hydrogen-bond donors (Lipinski definition) is 2. The van der Waals surface area contributed by atoms with Crippen molar-refractivity contribution in [2.24, 2.45) is 16.6 Å². The Morgan fingerprint density at radius 1 is 1.04 bits per heavy atom. The minimum atomic E-state index is 0. The van der Waals surface area contributed by atoms with Gasteiger partial charge in [0, 0.05) is 38.5 Å². The number of piperidine rings is 2. The Hall–Kier alpha value is -1.02. The van der Waals surface area contributed by atoms with E-state index in [0.717, 1.165) is 39.0 Å². The van der Waals surface area contributed by atoms with Gasteiger partial charge in [0.15, 0.2) is 5.96 Å². The van der Waals surface area contributed by atoms with E-state index in [2.05, 4.69) is 39.1 Å². The summed E-state index contributed by atoms with van der Waals surface area (Å²) in [5.74, 6) is 1.16. The zero-order valence-corrected chi connectivity index (χ0v) is 17.3. The van der Waals surface area contributed by atoms with Crippen molar-refractivity contribution in [3.63, 3.8) is 0 Å². The van der Waals surface area contributed by atoms with E-state index in [1.165, 1.54) is 30.5 Å². The number of aliphatic imine (C=N–C) groups is 1. The van der Waals surface area contributed by atoms with Gasteiger partial charge in [0.05, 0.1) is 6.54 Å². The second kappa shape index (κ2) is 10.2. The summed E-state index contributed by atoms with van der Waals surface area (Å²) in [6.45, 7) is 5.11. The molecule has 6 heteroatoms. The highest BCUT2D eigenvalue weighted by Crippen LogP contribution is 2.23. The van der Waals surface area contributed by atoms with E-state index in [1.54, 1.807) is 0 Å². The fourth-order valence-corrected chi connectivity index (χ4v) is 3.58. The first-order chi connectivity index (χ1) is 11.8. The molecule has 0 spiro atoms. The Labute approximate surface area is 168 Å². The maximum absolute atomic E-state index is 9.24. The van der Waals surface area contributed by atoms with Gasteiger partial charge in [0.25, 0.3) is 0 Å². The van der Waals surface area contributed by atoms with Crippen LogP contribution in [-0.4, -0.2) is 48.8 Å². The quantitative estimate of drug-likeness (QED) is 0.414. The molecule has 0 bridgehead atoms. The van der Waals surface area contributed by atoms with Gasteiger partial charge < -0.3 is 20.6 Å². The van der Waals surface area contributed by atoms with Crippen molar-refractivity contribution in [2.75, 3.05) is 37.7 Å². The van der Waals surface area contributed by atoms with E-state index >= 15 is 0 Å². The molecule has 0 aliphatic carbocycles. The van der Waals surface area contributed by atoms with Crippen LogP contribution in [0.3, 0.4) is 0 Å². The van der Waals surface area contributed by atoms with Crippen LogP contribution in [0.25, 0.3) is 0 Å². The molecular formula is C19H31IN4O. The number of anilines is 1. The summed E-state index contributed by atoms with van der Waals surface area (Å²) < 4.78 is 0. The maximum atomic E-state index is 9.24. The van der Waals surface area contributed by atoms with Gasteiger partial charge in [-0.1, -0.05) is 12.1 Å². The number of halogens is 1. The summed E-state index contributed by atoms with van der Waals surface area (Å²) >= 11 is 0. The van der Waals surface area contributed by atoms with Gasteiger partial charge in [-0.25, -0.2) is 4.99 Å². The summed E-state index contributed by atoms with van der Waals surface area (Å²) in [6.07, 6.45) is 5.90. The first-order valence-electron chi connectivity index (χ1n) is 9.26. The summed E-state index contributed by atoms with van der Waals surface area (Å²) in [5, 5.41) is 9.24. The first kappa shape index (κ1) is 20.3. The van der Waals surface area contributed by atoms with Gasteiger partial charge in [0.1, 0.15) is 0 Å². The van der Waals surface area contributed by atoms with Crippen LogP contribution in [0.5, 0.6) is 0 Å². The third-order valence-corrected chi connectivity index (χ3v) is 5.28. The van der Waals surface area contributed by atoms with E-state index < -0.39 is 0 Å². The van der Waals surface area contributed by atoms with E-state index in [9.17, 15) is 5.11 Å². The number of nitrogens with zero attached hydrogens (tertiary/aromatic N) is 3. The average Bonchev–Trinajstić information content (AvgIpc) is 2.67. The lowest BCUT2D eigenvalue weighted by molar-refractivity contribution is 0.203. The average molecular weight is 458 g/mol. The monoisotopic (exact) mass is 458 g/mol. The highest BCUT2D eigenvalue weighted by Gasteiger charge is 2.18. The van der Waals surface area contributed by atoms with E-state index in [0.29, 0.717) is 25.0 Å². The zero-order chi connectivity index (χ0) is 16.8. The van der Waals surface area contributed by atoms with Crippen LogP contribution in [0.1, 0.15) is 37.7 Å². The smallest absolute Gasteiger partial charge is 0.191 e. The predicted octanol–water partition coefficient (Wildman–Crippen LogP) is 2.81. The van der Waals surface area contributed by atoms with Gasteiger partial charge in [-0.2, -0.15) is 0 Å². The molecule has 3 N–H and O–H groups in total. The SMILES string of the molecule is I.NC(=NCc1ccc(N2CCC(CO)CC2)cc1)N1CCCCC1. The molecule has 140 valence electrons. The standard InChI is InChI=1S/C19H30N4O.HI/c20-19(23-10-2-1-3-11-23)21-14-16-4-6-18(7-5-16)22-12-8-17(15-24)9-13-22;/h4-7,17,24H,1-3,8-15H2,(H2,20,21);1H. The zero-order valence-electron chi connectivity index (χ0n) is 14.9. The number of likely N-dealkylation sites (tertiary alicyclic amines) is 1. The predicted molar refractivity (Wildman–Crippen MR) is 115 cm³/mol. The molecule has 25 heavy (non-hydrogen) atoms. The Balaban J connectivity index is 0.00000225. The van der Waals surface area contributed by atoms with Crippen LogP contribution in [0, 0.1) is 5.92 Å². The Bertz CT molecular complexity index is 535. The fourth-order valence-electron chi connectivity index (χ4n) is 3.58. The second-order valence-corrected chi connectivity index (χ2v) is 7.00. The van der Waals surface area contributed by atoms with Crippen LogP contribution < -0.4 is 10.6 Å². The summed E-state index contributed by atoms with van der Waals surface area (Å²) in [6, 6.07) is 8.67. The summed E-state index contributed by atoms with van der Waals surface area (Å²) in [5.41, 5.74) is 8.58. The fraction of sp³-hybridized carbons (Fsp3) is 0.632. The topological polar surface area (TPSA) is 65.1 Å². The molecule has 0 amide bonds. The molecule has 0 unspecified atom stereocenters. The Morgan fingerprint density at radius 3 is 2.28 bits per heavy atom. The molecule has 3 rings (SSSR count). The molecule has 1 aromatic carbocycles. The van der Waals surface area contributed by atoms with Gasteiger partial charge >= 0.3 is 0 Å². The number of guanidine groups is 1. The van der Waals surface area contributed by atoms with Crippen LogP contribution >= 0.6 is 24.0 Å². The molecule has 2 aliphatic heterocycles. The Kier molecular flexibility index (Phi) is 8.29. The van der Waals surface area contributed by atoms with Crippen molar-refractivity contribution < 1.29 is 5.11 Å². The second-order valence-electron chi connectivity index (χ2n) is 7.00. The lowest BCUT2D eigenvalue weighted by atomic mass is 9.97. The molecule has 0 saturated carbocycles. The van der Waals surface area contributed by atoms with E-state index in [-0.39, 0.29) is 24.0 Å². The van der Waals surface area contributed by atoms with Crippen LogP contribution in [0.4, 0.5) is 5.69 Å². The van der Waals surface area contributed by atoms with Gasteiger partial charge in [0.2, 0.25) is 0 Å². The number of aliphatic hydroxyl groups excluding tert-OH is 1. The van der Waals surface area contributed by atoms with Crippen molar-refractivity contribution in [1.29, 1.82) is 0 Å². The third kappa shape index (κ3) is 5.74. The molecule has 0 aromatic heterocycles. The minimum Gasteiger partial charge on any atom is -0.396 e. The van der Waals surface area contributed by atoms with Gasteiger partial charge in [-0.05, 0) is 55.7 Å². The molecule has 2 aliphatic rings.